The van der Waals surface area contributed by atoms with Crippen LogP contribution in [0.3, 0.4) is 0 Å². The molecular formula is C10H13ClN2O. The molecule has 0 unspecified atom stereocenters. The van der Waals surface area contributed by atoms with Gasteiger partial charge in [0.25, 0.3) is 0 Å². The molecule has 0 bridgehead atoms. The summed E-state index contributed by atoms with van der Waals surface area (Å²) in [6.07, 6.45) is 5.17. The first kappa shape index (κ1) is 9.90. The van der Waals surface area contributed by atoms with E-state index in [0.29, 0.717) is 24.3 Å². The van der Waals surface area contributed by atoms with Crippen LogP contribution < -0.4 is 5.73 Å². The van der Waals surface area contributed by atoms with Crippen LogP contribution in [0.1, 0.15) is 18.4 Å². The summed E-state index contributed by atoms with van der Waals surface area (Å²) in [5.41, 5.74) is 5.93. The van der Waals surface area contributed by atoms with Gasteiger partial charge in [0.15, 0.2) is 0 Å². The summed E-state index contributed by atoms with van der Waals surface area (Å²) < 4.78 is 0. The highest BCUT2D eigenvalue weighted by Crippen LogP contribution is 2.35. The Kier molecular flexibility index (Phi) is 2.47. The van der Waals surface area contributed by atoms with Gasteiger partial charge >= 0.3 is 0 Å². The Bertz CT molecular complexity index is 337. The Balaban J connectivity index is 2.08. The molecule has 0 aromatic carbocycles. The average molecular weight is 213 g/mol. The van der Waals surface area contributed by atoms with Gasteiger partial charge in [-0.25, -0.2) is 0 Å². The number of hydrogen-bond acceptors (Lipinski definition) is 3. The molecule has 0 aliphatic heterocycles. The molecule has 0 saturated heterocycles. The second kappa shape index (κ2) is 3.50. The Hall–Kier alpha value is -0.640. The van der Waals surface area contributed by atoms with Crippen LogP contribution in [-0.4, -0.2) is 21.7 Å². The Morgan fingerprint density at radius 1 is 1.64 bits per heavy atom. The van der Waals surface area contributed by atoms with Crippen LogP contribution in [0, 0.1) is 0 Å². The molecule has 3 N–H and O–H groups in total. The monoisotopic (exact) mass is 212 g/mol. The van der Waals surface area contributed by atoms with Crippen LogP contribution in [0.4, 0.5) is 0 Å². The first-order valence-corrected chi connectivity index (χ1v) is 5.03. The fraction of sp³-hybridized carbons (Fsp3) is 0.500. The molecule has 4 heteroatoms. The number of hydrogen-bond donors (Lipinski definition) is 2. The fourth-order valence-corrected chi connectivity index (χ4v) is 2.15. The molecule has 1 aliphatic carbocycles. The zero-order valence-electron chi connectivity index (χ0n) is 7.78. The van der Waals surface area contributed by atoms with Crippen LogP contribution in [0.25, 0.3) is 0 Å². The van der Waals surface area contributed by atoms with E-state index in [1.54, 1.807) is 12.4 Å². The van der Waals surface area contributed by atoms with Crippen molar-refractivity contribution >= 4 is 11.6 Å². The molecule has 1 aromatic heterocycles. The molecule has 76 valence electrons. The zero-order valence-corrected chi connectivity index (χ0v) is 8.54. The van der Waals surface area contributed by atoms with E-state index in [-0.39, 0.29) is 6.04 Å². The van der Waals surface area contributed by atoms with Gasteiger partial charge in [-0.3, -0.25) is 4.98 Å². The van der Waals surface area contributed by atoms with Crippen LogP contribution >= 0.6 is 11.6 Å². The molecule has 0 spiro atoms. The molecule has 1 aromatic rings. The highest BCUT2D eigenvalue weighted by Gasteiger charge is 2.40. The van der Waals surface area contributed by atoms with Crippen LogP contribution in [0.5, 0.6) is 0 Å². The van der Waals surface area contributed by atoms with Crippen molar-refractivity contribution in [3.05, 3.63) is 29.0 Å². The lowest BCUT2D eigenvalue weighted by molar-refractivity contribution is -0.0455. The number of nitrogens with two attached hydrogens (primary N) is 1. The summed E-state index contributed by atoms with van der Waals surface area (Å²) in [4.78, 5) is 3.90. The third-order valence-corrected chi connectivity index (χ3v) is 3.00. The van der Waals surface area contributed by atoms with Gasteiger partial charge in [-0.15, -0.1) is 0 Å². The quantitative estimate of drug-likeness (QED) is 0.773. The van der Waals surface area contributed by atoms with Gasteiger partial charge in [-0.2, -0.15) is 0 Å². The van der Waals surface area contributed by atoms with Gasteiger partial charge in [0.2, 0.25) is 0 Å². The standard InChI is InChI=1S/C10H13ClN2O/c11-9-6-13-2-1-7(9)3-10(14)4-8(12)5-10/h1-2,6,8,14H,3-5,12H2. The lowest BCUT2D eigenvalue weighted by Crippen LogP contribution is -2.52. The van der Waals surface area contributed by atoms with Crippen molar-refractivity contribution in [3.8, 4) is 0 Å². The highest BCUT2D eigenvalue weighted by atomic mass is 35.5. The summed E-state index contributed by atoms with van der Waals surface area (Å²) in [5, 5.41) is 10.6. The van der Waals surface area contributed by atoms with Gasteiger partial charge in [0.1, 0.15) is 0 Å². The van der Waals surface area contributed by atoms with E-state index in [4.69, 9.17) is 17.3 Å². The SMILES string of the molecule is NC1CC(O)(Cc2ccncc2Cl)C1. The summed E-state index contributed by atoms with van der Waals surface area (Å²) in [5.74, 6) is 0. The number of nitrogens with zero attached hydrogens (tertiary/aromatic N) is 1. The third kappa shape index (κ3) is 1.90. The van der Waals surface area contributed by atoms with Crippen molar-refractivity contribution in [1.29, 1.82) is 0 Å². The van der Waals surface area contributed by atoms with Gasteiger partial charge in [0.05, 0.1) is 10.6 Å². The molecule has 0 radical (unpaired) electrons. The Morgan fingerprint density at radius 2 is 2.36 bits per heavy atom. The van der Waals surface area contributed by atoms with E-state index in [1.807, 2.05) is 6.07 Å². The van der Waals surface area contributed by atoms with Crippen LogP contribution in [0.15, 0.2) is 18.5 Å². The van der Waals surface area contributed by atoms with E-state index >= 15 is 0 Å². The van der Waals surface area contributed by atoms with Crippen molar-refractivity contribution < 1.29 is 5.11 Å². The van der Waals surface area contributed by atoms with Gasteiger partial charge in [0, 0.05) is 24.9 Å². The zero-order chi connectivity index (χ0) is 10.2. The molecule has 3 nitrogen and oxygen atoms in total. The predicted octanol–water partition coefficient (Wildman–Crippen LogP) is 1.13. The van der Waals surface area contributed by atoms with E-state index < -0.39 is 5.60 Å². The summed E-state index contributed by atoms with van der Waals surface area (Å²) >= 11 is 5.94. The molecular weight excluding hydrogens is 200 g/mol. The van der Waals surface area contributed by atoms with E-state index in [1.165, 1.54) is 0 Å². The minimum absolute atomic E-state index is 0.139. The van der Waals surface area contributed by atoms with Gasteiger partial charge < -0.3 is 10.8 Å². The second-order valence-corrected chi connectivity index (χ2v) is 4.44. The minimum Gasteiger partial charge on any atom is -0.389 e. The number of halogens is 1. The Labute approximate surface area is 87.9 Å². The number of rotatable bonds is 2. The van der Waals surface area contributed by atoms with Crippen LogP contribution in [-0.2, 0) is 6.42 Å². The maximum atomic E-state index is 10.00. The predicted molar refractivity (Wildman–Crippen MR) is 55.1 cm³/mol. The normalized spacial score (nSPS) is 31.2. The summed E-state index contributed by atoms with van der Waals surface area (Å²) in [7, 11) is 0. The number of aliphatic hydroxyl groups is 1. The number of pyridine rings is 1. The first-order chi connectivity index (χ1) is 6.59. The lowest BCUT2D eigenvalue weighted by atomic mass is 9.73. The van der Waals surface area contributed by atoms with Crippen LogP contribution in [0.2, 0.25) is 5.02 Å². The maximum Gasteiger partial charge on any atom is 0.0718 e. The van der Waals surface area contributed by atoms with E-state index in [9.17, 15) is 5.11 Å². The molecule has 1 fully saturated rings. The van der Waals surface area contributed by atoms with E-state index in [0.717, 1.165) is 5.56 Å². The van der Waals surface area contributed by atoms with Crippen molar-refractivity contribution in [3.63, 3.8) is 0 Å². The topological polar surface area (TPSA) is 59.1 Å². The summed E-state index contributed by atoms with van der Waals surface area (Å²) in [6.45, 7) is 0. The summed E-state index contributed by atoms with van der Waals surface area (Å²) in [6, 6.07) is 1.98. The average Bonchev–Trinajstić information content (AvgIpc) is 2.06. The minimum atomic E-state index is -0.648. The largest absolute Gasteiger partial charge is 0.389 e. The Morgan fingerprint density at radius 3 is 2.93 bits per heavy atom. The molecule has 2 rings (SSSR count). The molecule has 1 aliphatic rings. The third-order valence-electron chi connectivity index (χ3n) is 2.66. The van der Waals surface area contributed by atoms with Crippen molar-refractivity contribution in [2.24, 2.45) is 5.73 Å². The maximum absolute atomic E-state index is 10.00. The smallest absolute Gasteiger partial charge is 0.0718 e. The highest BCUT2D eigenvalue weighted by molar-refractivity contribution is 6.31. The lowest BCUT2D eigenvalue weighted by Gasteiger charge is -2.42. The van der Waals surface area contributed by atoms with E-state index in [2.05, 4.69) is 4.98 Å². The van der Waals surface area contributed by atoms with Crippen molar-refractivity contribution in [2.45, 2.75) is 30.9 Å². The fourth-order valence-electron chi connectivity index (χ4n) is 1.96. The number of aromatic nitrogens is 1. The molecule has 1 heterocycles. The first-order valence-electron chi connectivity index (χ1n) is 4.65. The van der Waals surface area contributed by atoms with Crippen molar-refractivity contribution in [2.75, 3.05) is 0 Å². The van der Waals surface area contributed by atoms with Crippen molar-refractivity contribution in [1.82, 2.24) is 4.98 Å². The molecule has 0 atom stereocenters. The molecule has 14 heavy (non-hydrogen) atoms. The molecule has 1 saturated carbocycles. The molecule has 0 amide bonds. The van der Waals surface area contributed by atoms with Gasteiger partial charge in [-0.1, -0.05) is 11.6 Å². The second-order valence-electron chi connectivity index (χ2n) is 4.04. The van der Waals surface area contributed by atoms with Gasteiger partial charge in [-0.05, 0) is 24.5 Å².